The summed E-state index contributed by atoms with van der Waals surface area (Å²) in [5.74, 6) is 0.930. The van der Waals surface area contributed by atoms with Crippen LogP contribution >= 0.6 is 0 Å². The molecule has 2 nitrogen and oxygen atoms in total. The maximum absolute atomic E-state index is 5.43. The van der Waals surface area contributed by atoms with Gasteiger partial charge in [0.1, 0.15) is 0 Å². The molecule has 1 aliphatic carbocycles. The summed E-state index contributed by atoms with van der Waals surface area (Å²) in [4.78, 5) is 0. The van der Waals surface area contributed by atoms with E-state index in [0.29, 0.717) is 6.04 Å². The van der Waals surface area contributed by atoms with Crippen LogP contribution in [0.3, 0.4) is 0 Å². The minimum absolute atomic E-state index is 0.503. The van der Waals surface area contributed by atoms with E-state index in [4.69, 9.17) is 4.74 Å². The Morgan fingerprint density at radius 2 is 2.07 bits per heavy atom. The van der Waals surface area contributed by atoms with Crippen molar-refractivity contribution in [1.29, 1.82) is 0 Å². The van der Waals surface area contributed by atoms with Crippen molar-refractivity contribution >= 4 is 0 Å². The number of hydrogen-bond donors (Lipinski definition) is 1. The second-order valence-corrected chi connectivity index (χ2v) is 5.04. The number of nitrogens with one attached hydrogen (secondary N) is 1. The average molecular weight is 213 g/mol. The molecule has 1 rings (SSSR count). The molecule has 0 spiro atoms. The molecule has 1 aliphatic rings. The predicted octanol–water partition coefficient (Wildman–Crippen LogP) is 2.97. The highest BCUT2D eigenvalue weighted by Crippen LogP contribution is 2.22. The molecule has 3 unspecified atom stereocenters. The van der Waals surface area contributed by atoms with Gasteiger partial charge in [0.2, 0.25) is 0 Å². The third-order valence-corrected chi connectivity index (χ3v) is 3.35. The summed E-state index contributed by atoms with van der Waals surface area (Å²) < 4.78 is 5.43. The molecule has 0 heterocycles. The standard InChI is InChI=1S/C13H27NO/c1-4-15-10-12(3)14-13-7-5-6-11(2)8-9-13/h11-14H,4-10H2,1-3H3. The lowest BCUT2D eigenvalue weighted by Crippen LogP contribution is -2.39. The summed E-state index contributed by atoms with van der Waals surface area (Å²) in [6.45, 7) is 8.34. The summed E-state index contributed by atoms with van der Waals surface area (Å²) in [5.41, 5.74) is 0. The zero-order valence-corrected chi connectivity index (χ0v) is 10.6. The van der Waals surface area contributed by atoms with Crippen LogP contribution in [0.1, 0.15) is 52.9 Å². The lowest BCUT2D eigenvalue weighted by atomic mass is 10.0. The Labute approximate surface area is 94.8 Å². The van der Waals surface area contributed by atoms with Crippen LogP contribution in [-0.2, 0) is 4.74 Å². The van der Waals surface area contributed by atoms with Gasteiger partial charge in [0.05, 0.1) is 6.61 Å². The second-order valence-electron chi connectivity index (χ2n) is 5.04. The van der Waals surface area contributed by atoms with Crippen LogP contribution in [0.2, 0.25) is 0 Å². The van der Waals surface area contributed by atoms with Gasteiger partial charge in [0.15, 0.2) is 0 Å². The van der Waals surface area contributed by atoms with E-state index in [2.05, 4.69) is 26.1 Å². The molecule has 15 heavy (non-hydrogen) atoms. The summed E-state index contributed by atoms with van der Waals surface area (Å²) in [7, 11) is 0. The van der Waals surface area contributed by atoms with Crippen molar-refractivity contribution in [2.45, 2.75) is 65.0 Å². The SMILES string of the molecule is CCOCC(C)NC1CCCC(C)CC1. The van der Waals surface area contributed by atoms with E-state index in [0.717, 1.165) is 25.2 Å². The maximum atomic E-state index is 5.43. The summed E-state index contributed by atoms with van der Waals surface area (Å²) in [5, 5.41) is 3.69. The molecule has 0 radical (unpaired) electrons. The molecule has 1 saturated carbocycles. The van der Waals surface area contributed by atoms with Crippen LogP contribution in [0.5, 0.6) is 0 Å². The van der Waals surface area contributed by atoms with Gasteiger partial charge in [-0.05, 0) is 39.0 Å². The average Bonchev–Trinajstić information content (AvgIpc) is 2.41. The van der Waals surface area contributed by atoms with Crippen LogP contribution in [0.25, 0.3) is 0 Å². The van der Waals surface area contributed by atoms with Crippen molar-refractivity contribution in [3.8, 4) is 0 Å². The number of ether oxygens (including phenoxy) is 1. The first kappa shape index (κ1) is 13.0. The minimum Gasteiger partial charge on any atom is -0.380 e. The highest BCUT2D eigenvalue weighted by Gasteiger charge is 2.17. The molecule has 0 amide bonds. The van der Waals surface area contributed by atoms with Gasteiger partial charge < -0.3 is 10.1 Å². The minimum atomic E-state index is 0.503. The van der Waals surface area contributed by atoms with Crippen molar-refractivity contribution in [2.75, 3.05) is 13.2 Å². The molecule has 2 heteroatoms. The second kappa shape index (κ2) is 7.24. The van der Waals surface area contributed by atoms with E-state index in [-0.39, 0.29) is 0 Å². The highest BCUT2D eigenvalue weighted by atomic mass is 16.5. The Bertz CT molecular complexity index is 161. The van der Waals surface area contributed by atoms with E-state index in [1.54, 1.807) is 0 Å². The van der Waals surface area contributed by atoms with Gasteiger partial charge in [0, 0.05) is 18.7 Å². The van der Waals surface area contributed by atoms with E-state index < -0.39 is 0 Å². The van der Waals surface area contributed by atoms with Gasteiger partial charge in [-0.3, -0.25) is 0 Å². The van der Waals surface area contributed by atoms with E-state index >= 15 is 0 Å². The molecule has 1 N–H and O–H groups in total. The van der Waals surface area contributed by atoms with Crippen molar-refractivity contribution in [3.05, 3.63) is 0 Å². The van der Waals surface area contributed by atoms with Crippen molar-refractivity contribution in [2.24, 2.45) is 5.92 Å². The first-order valence-corrected chi connectivity index (χ1v) is 6.56. The fraction of sp³-hybridized carbons (Fsp3) is 1.00. The van der Waals surface area contributed by atoms with Crippen LogP contribution in [0.4, 0.5) is 0 Å². The number of rotatable bonds is 5. The molecule has 1 fully saturated rings. The topological polar surface area (TPSA) is 21.3 Å². The summed E-state index contributed by atoms with van der Waals surface area (Å²) >= 11 is 0. The van der Waals surface area contributed by atoms with Gasteiger partial charge in [-0.1, -0.05) is 19.8 Å². The molecular formula is C13H27NO. The number of hydrogen-bond acceptors (Lipinski definition) is 2. The van der Waals surface area contributed by atoms with Gasteiger partial charge >= 0.3 is 0 Å². The summed E-state index contributed by atoms with van der Waals surface area (Å²) in [6.07, 6.45) is 6.88. The Kier molecular flexibility index (Phi) is 6.26. The third kappa shape index (κ3) is 5.53. The molecule has 0 aliphatic heterocycles. The molecule has 0 bridgehead atoms. The Balaban J connectivity index is 2.18. The maximum Gasteiger partial charge on any atom is 0.0616 e. The zero-order chi connectivity index (χ0) is 11.1. The Hall–Kier alpha value is -0.0800. The quantitative estimate of drug-likeness (QED) is 0.709. The smallest absolute Gasteiger partial charge is 0.0616 e. The lowest BCUT2D eigenvalue weighted by Gasteiger charge is -2.21. The largest absolute Gasteiger partial charge is 0.380 e. The molecule has 0 saturated heterocycles. The molecule has 0 aromatic carbocycles. The van der Waals surface area contributed by atoms with Crippen molar-refractivity contribution in [3.63, 3.8) is 0 Å². The van der Waals surface area contributed by atoms with Crippen LogP contribution in [0, 0.1) is 5.92 Å². The van der Waals surface area contributed by atoms with Gasteiger partial charge in [-0.2, -0.15) is 0 Å². The van der Waals surface area contributed by atoms with Crippen LogP contribution < -0.4 is 5.32 Å². The highest BCUT2D eigenvalue weighted by molar-refractivity contribution is 4.75. The Morgan fingerprint density at radius 3 is 2.80 bits per heavy atom. The van der Waals surface area contributed by atoms with E-state index in [9.17, 15) is 0 Å². The Morgan fingerprint density at radius 1 is 1.27 bits per heavy atom. The first-order chi connectivity index (χ1) is 7.22. The van der Waals surface area contributed by atoms with Crippen LogP contribution in [-0.4, -0.2) is 25.3 Å². The molecule has 3 atom stereocenters. The molecule has 90 valence electrons. The molecule has 0 aromatic heterocycles. The van der Waals surface area contributed by atoms with Gasteiger partial charge in [-0.25, -0.2) is 0 Å². The fourth-order valence-corrected chi connectivity index (χ4v) is 2.40. The van der Waals surface area contributed by atoms with Crippen molar-refractivity contribution in [1.82, 2.24) is 5.32 Å². The zero-order valence-electron chi connectivity index (χ0n) is 10.6. The normalized spacial score (nSPS) is 29.8. The van der Waals surface area contributed by atoms with Gasteiger partial charge in [0.25, 0.3) is 0 Å². The predicted molar refractivity (Wildman–Crippen MR) is 65.1 cm³/mol. The first-order valence-electron chi connectivity index (χ1n) is 6.56. The van der Waals surface area contributed by atoms with E-state index in [1.807, 2.05) is 0 Å². The molecule has 0 aromatic rings. The third-order valence-electron chi connectivity index (χ3n) is 3.35. The van der Waals surface area contributed by atoms with E-state index in [1.165, 1.54) is 32.1 Å². The monoisotopic (exact) mass is 213 g/mol. The lowest BCUT2D eigenvalue weighted by molar-refractivity contribution is 0.122. The fourth-order valence-electron chi connectivity index (χ4n) is 2.40. The van der Waals surface area contributed by atoms with Crippen molar-refractivity contribution < 1.29 is 4.74 Å². The molecular weight excluding hydrogens is 186 g/mol. The summed E-state index contributed by atoms with van der Waals surface area (Å²) in [6, 6.07) is 1.23. The van der Waals surface area contributed by atoms with Crippen LogP contribution in [0.15, 0.2) is 0 Å². The van der Waals surface area contributed by atoms with Gasteiger partial charge in [-0.15, -0.1) is 0 Å².